The summed E-state index contributed by atoms with van der Waals surface area (Å²) in [6.07, 6.45) is 0.401. The maximum Gasteiger partial charge on any atom is 0.307 e. The van der Waals surface area contributed by atoms with Crippen molar-refractivity contribution in [2.24, 2.45) is 5.10 Å². The summed E-state index contributed by atoms with van der Waals surface area (Å²) in [6.45, 7) is 3.49. The van der Waals surface area contributed by atoms with Crippen LogP contribution in [0.4, 0.5) is 5.69 Å². The minimum absolute atomic E-state index is 0.0364. The predicted octanol–water partition coefficient (Wildman–Crippen LogP) is 2.94. The second-order valence-corrected chi connectivity index (χ2v) is 5.92. The van der Waals surface area contributed by atoms with Gasteiger partial charge in [0, 0.05) is 18.5 Å². The number of hydrazone groups is 1. The van der Waals surface area contributed by atoms with Gasteiger partial charge in [-0.2, -0.15) is 5.10 Å². The molecule has 0 saturated carbocycles. The van der Waals surface area contributed by atoms with Crippen molar-refractivity contribution in [3.63, 3.8) is 0 Å². The molecule has 0 bridgehead atoms. The molecule has 1 aromatic carbocycles. The Hall–Kier alpha value is -3.42. The lowest BCUT2D eigenvalue weighted by Crippen LogP contribution is -2.18. The largest absolute Gasteiger partial charge is 0.481 e. The van der Waals surface area contributed by atoms with E-state index in [1.54, 1.807) is 50.2 Å². The van der Waals surface area contributed by atoms with Crippen LogP contribution >= 0.6 is 0 Å². The zero-order valence-corrected chi connectivity index (χ0v) is 15.1. The number of nitrogens with zero attached hydrogens (tertiary/aromatic N) is 1. The molecule has 142 valence electrons. The molecule has 2 aromatic rings. The molecule has 1 aromatic heterocycles. The number of carbonyl (C=O) groups excluding carboxylic acids is 2. The second-order valence-electron chi connectivity index (χ2n) is 5.92. The fourth-order valence-electron chi connectivity index (χ4n) is 2.23. The third-order valence-electron chi connectivity index (χ3n) is 3.67. The van der Waals surface area contributed by atoms with Crippen molar-refractivity contribution in [2.45, 2.75) is 33.1 Å². The highest BCUT2D eigenvalue weighted by molar-refractivity contribution is 6.01. The van der Waals surface area contributed by atoms with Crippen molar-refractivity contribution in [1.29, 1.82) is 0 Å². The quantitative estimate of drug-likeness (QED) is 0.487. The third-order valence-corrected chi connectivity index (χ3v) is 3.67. The topological polar surface area (TPSA) is 121 Å². The fraction of sp³-hybridized carbons (Fsp3) is 0.263. The molecule has 3 N–H and O–H groups in total. The van der Waals surface area contributed by atoms with Gasteiger partial charge in [-0.15, -0.1) is 0 Å². The first kappa shape index (κ1) is 19.9. The Labute approximate surface area is 156 Å². The minimum atomic E-state index is -0.920. The molecule has 2 amide bonds. The molecule has 1 heterocycles. The van der Waals surface area contributed by atoms with Gasteiger partial charge in [-0.05, 0) is 50.1 Å². The van der Waals surface area contributed by atoms with Gasteiger partial charge in [0.05, 0.1) is 5.71 Å². The molecule has 0 fully saturated rings. The standard InChI is InChI=1S/C19H21N3O5/c1-12-6-11-16(27-12)19(26)22-21-13(2)14-7-9-15(10-8-14)20-17(23)4-3-5-18(24)25/h6-11H,3-5H2,1-2H3,(H,20,23)(H,22,26)(H,24,25). The lowest BCUT2D eigenvalue weighted by atomic mass is 10.1. The van der Waals surface area contributed by atoms with Crippen molar-refractivity contribution in [3.8, 4) is 0 Å². The summed E-state index contributed by atoms with van der Waals surface area (Å²) in [4.78, 5) is 34.1. The molecule has 0 unspecified atom stereocenters. The number of carboxylic acids is 1. The number of aliphatic carboxylic acids is 1. The van der Waals surface area contributed by atoms with Gasteiger partial charge in [0.25, 0.3) is 0 Å². The molecule has 0 aliphatic heterocycles. The highest BCUT2D eigenvalue weighted by Gasteiger charge is 2.09. The van der Waals surface area contributed by atoms with Crippen LogP contribution in [0.2, 0.25) is 0 Å². The first-order chi connectivity index (χ1) is 12.8. The average Bonchev–Trinajstić information content (AvgIpc) is 3.06. The van der Waals surface area contributed by atoms with Crippen molar-refractivity contribution >= 4 is 29.2 Å². The van der Waals surface area contributed by atoms with Gasteiger partial charge in [0.1, 0.15) is 5.76 Å². The number of nitrogens with one attached hydrogen (secondary N) is 2. The number of aryl methyl sites for hydroxylation is 1. The molecule has 8 heteroatoms. The van der Waals surface area contributed by atoms with Gasteiger partial charge in [-0.25, -0.2) is 5.43 Å². The Morgan fingerprint density at radius 2 is 1.78 bits per heavy atom. The van der Waals surface area contributed by atoms with Crippen LogP contribution < -0.4 is 10.7 Å². The molecule has 2 rings (SSSR count). The second kappa shape index (κ2) is 9.33. The van der Waals surface area contributed by atoms with E-state index in [4.69, 9.17) is 9.52 Å². The first-order valence-electron chi connectivity index (χ1n) is 8.38. The van der Waals surface area contributed by atoms with Crippen LogP contribution in [-0.2, 0) is 9.59 Å². The van der Waals surface area contributed by atoms with Gasteiger partial charge < -0.3 is 14.8 Å². The lowest BCUT2D eigenvalue weighted by molar-refractivity contribution is -0.137. The van der Waals surface area contributed by atoms with Gasteiger partial charge in [0.15, 0.2) is 5.76 Å². The van der Waals surface area contributed by atoms with Crippen molar-refractivity contribution in [2.75, 3.05) is 5.32 Å². The minimum Gasteiger partial charge on any atom is -0.481 e. The van der Waals surface area contributed by atoms with Crippen LogP contribution in [0.25, 0.3) is 0 Å². The van der Waals surface area contributed by atoms with Crippen molar-refractivity contribution in [1.82, 2.24) is 5.43 Å². The van der Waals surface area contributed by atoms with Crippen LogP contribution in [0.5, 0.6) is 0 Å². The third kappa shape index (κ3) is 6.43. The Morgan fingerprint density at radius 1 is 1.07 bits per heavy atom. The van der Waals surface area contributed by atoms with E-state index >= 15 is 0 Å². The number of hydrogen-bond donors (Lipinski definition) is 3. The summed E-state index contributed by atoms with van der Waals surface area (Å²) in [5.74, 6) is -0.772. The van der Waals surface area contributed by atoms with Crippen LogP contribution in [0.15, 0.2) is 45.9 Å². The number of anilines is 1. The molecular weight excluding hydrogens is 350 g/mol. The number of carboxylic acid groups (broad SMARTS) is 1. The van der Waals surface area contributed by atoms with Crippen molar-refractivity contribution < 1.29 is 23.9 Å². The van der Waals surface area contributed by atoms with Crippen LogP contribution in [-0.4, -0.2) is 28.6 Å². The highest BCUT2D eigenvalue weighted by atomic mass is 16.4. The number of rotatable bonds is 8. The molecule has 0 spiro atoms. The van der Waals surface area contributed by atoms with E-state index in [0.717, 1.165) is 5.56 Å². The van der Waals surface area contributed by atoms with Gasteiger partial charge >= 0.3 is 11.9 Å². The molecule has 0 atom stereocenters. The summed E-state index contributed by atoms with van der Waals surface area (Å²) >= 11 is 0. The van der Waals surface area contributed by atoms with Gasteiger partial charge in [-0.3, -0.25) is 14.4 Å². The first-order valence-corrected chi connectivity index (χ1v) is 8.38. The normalized spacial score (nSPS) is 11.1. The Balaban J connectivity index is 1.88. The monoisotopic (exact) mass is 371 g/mol. The Morgan fingerprint density at radius 3 is 2.37 bits per heavy atom. The molecule has 27 heavy (non-hydrogen) atoms. The zero-order valence-electron chi connectivity index (χ0n) is 15.1. The van der Waals surface area contributed by atoms with Crippen LogP contribution in [0.3, 0.4) is 0 Å². The van der Waals surface area contributed by atoms with E-state index in [1.807, 2.05) is 0 Å². The summed E-state index contributed by atoms with van der Waals surface area (Å²) in [5, 5.41) is 15.3. The fourth-order valence-corrected chi connectivity index (χ4v) is 2.23. The van der Waals surface area contributed by atoms with E-state index in [0.29, 0.717) is 23.6 Å². The summed E-state index contributed by atoms with van der Waals surface area (Å²) in [6, 6.07) is 10.2. The molecule has 8 nitrogen and oxygen atoms in total. The van der Waals surface area contributed by atoms with E-state index in [9.17, 15) is 14.4 Å². The number of furan rings is 1. The zero-order chi connectivity index (χ0) is 19.8. The summed E-state index contributed by atoms with van der Waals surface area (Å²) in [5.41, 5.74) is 4.39. The van der Waals surface area contributed by atoms with E-state index in [2.05, 4.69) is 15.8 Å². The lowest BCUT2D eigenvalue weighted by Gasteiger charge is -2.06. The number of hydrogen-bond acceptors (Lipinski definition) is 5. The maximum atomic E-state index is 11.9. The van der Waals surface area contributed by atoms with E-state index in [-0.39, 0.29) is 24.5 Å². The number of carbonyl (C=O) groups is 3. The van der Waals surface area contributed by atoms with Crippen molar-refractivity contribution in [3.05, 3.63) is 53.5 Å². The number of amides is 2. The highest BCUT2D eigenvalue weighted by Crippen LogP contribution is 2.12. The molecule has 0 radical (unpaired) electrons. The average molecular weight is 371 g/mol. The molecule has 0 aliphatic carbocycles. The summed E-state index contributed by atoms with van der Waals surface area (Å²) in [7, 11) is 0. The van der Waals surface area contributed by atoms with Gasteiger partial charge in [0.2, 0.25) is 5.91 Å². The number of benzene rings is 1. The Kier molecular flexibility index (Phi) is 6.87. The smallest absolute Gasteiger partial charge is 0.307 e. The van der Waals surface area contributed by atoms with Crippen LogP contribution in [0, 0.1) is 6.92 Å². The van der Waals surface area contributed by atoms with E-state index < -0.39 is 11.9 Å². The molecular formula is C19H21N3O5. The van der Waals surface area contributed by atoms with E-state index in [1.165, 1.54) is 0 Å². The van der Waals surface area contributed by atoms with Gasteiger partial charge in [-0.1, -0.05) is 12.1 Å². The summed E-state index contributed by atoms with van der Waals surface area (Å²) < 4.78 is 5.22. The molecule has 0 saturated heterocycles. The SMILES string of the molecule is CC(=NNC(=O)c1ccc(C)o1)c1ccc(NC(=O)CCCC(=O)O)cc1. The maximum absolute atomic E-state index is 11.9. The Bertz CT molecular complexity index is 852. The predicted molar refractivity (Wildman–Crippen MR) is 99.7 cm³/mol. The molecule has 0 aliphatic rings. The van der Waals surface area contributed by atoms with Crippen LogP contribution in [0.1, 0.15) is 48.1 Å².